The number of fused-ring (bicyclic) bond motifs is 1. The molecule has 220 valence electrons. The number of hydrogen-bond donors (Lipinski definition) is 0. The molecule has 4 aromatic rings. The SMILES string of the molecule is CCCCCCc1ccc(C(=O)N(CCC)CC(=O)N(Cc2ccc(F)cc2)Cc2coc3ccccc3c2=O)cc1. The van der Waals surface area contributed by atoms with E-state index < -0.39 is 0 Å². The monoisotopic (exact) mass is 570 g/mol. The summed E-state index contributed by atoms with van der Waals surface area (Å²) in [6, 6.07) is 20.5. The van der Waals surface area contributed by atoms with E-state index in [1.807, 2.05) is 31.2 Å². The van der Waals surface area contributed by atoms with Crippen molar-refractivity contribution in [1.82, 2.24) is 9.80 Å². The van der Waals surface area contributed by atoms with Gasteiger partial charge in [-0.25, -0.2) is 4.39 Å². The number of benzene rings is 3. The van der Waals surface area contributed by atoms with Crippen molar-refractivity contribution in [2.45, 2.75) is 65.5 Å². The molecule has 0 aliphatic carbocycles. The van der Waals surface area contributed by atoms with Gasteiger partial charge in [-0.05, 0) is 66.8 Å². The summed E-state index contributed by atoms with van der Waals surface area (Å²) in [5.74, 6) is -0.908. The van der Waals surface area contributed by atoms with Crippen LogP contribution in [-0.2, 0) is 24.3 Å². The van der Waals surface area contributed by atoms with Gasteiger partial charge in [-0.2, -0.15) is 0 Å². The zero-order valence-electron chi connectivity index (χ0n) is 24.5. The van der Waals surface area contributed by atoms with Gasteiger partial charge >= 0.3 is 0 Å². The lowest BCUT2D eigenvalue weighted by molar-refractivity contribution is -0.133. The van der Waals surface area contributed by atoms with Gasteiger partial charge in [-0.1, -0.05) is 69.5 Å². The summed E-state index contributed by atoms with van der Waals surface area (Å²) in [6.45, 7) is 4.55. The molecular weight excluding hydrogens is 531 g/mol. The summed E-state index contributed by atoms with van der Waals surface area (Å²) in [5, 5.41) is 0.431. The van der Waals surface area contributed by atoms with Gasteiger partial charge in [0, 0.05) is 18.7 Å². The number of nitrogens with zero attached hydrogens (tertiary/aromatic N) is 2. The van der Waals surface area contributed by atoms with Crippen molar-refractivity contribution in [2.75, 3.05) is 13.1 Å². The van der Waals surface area contributed by atoms with Crippen molar-refractivity contribution in [3.05, 3.63) is 117 Å². The molecule has 7 heteroatoms. The number of unbranched alkanes of at least 4 members (excludes halogenated alkanes) is 3. The zero-order chi connectivity index (χ0) is 29.9. The summed E-state index contributed by atoms with van der Waals surface area (Å²) < 4.78 is 19.3. The molecule has 0 N–H and O–H groups in total. The van der Waals surface area contributed by atoms with Crippen LogP contribution in [0.5, 0.6) is 0 Å². The number of carbonyl (C=O) groups is 2. The Morgan fingerprint density at radius 1 is 0.786 bits per heavy atom. The van der Waals surface area contributed by atoms with Crippen LogP contribution in [0.3, 0.4) is 0 Å². The maximum absolute atomic E-state index is 13.8. The number of aryl methyl sites for hydroxylation is 1. The molecule has 6 nitrogen and oxygen atoms in total. The van der Waals surface area contributed by atoms with E-state index in [9.17, 15) is 18.8 Å². The molecule has 0 spiro atoms. The summed E-state index contributed by atoms with van der Waals surface area (Å²) in [7, 11) is 0. The lowest BCUT2D eigenvalue weighted by Gasteiger charge is -2.28. The molecule has 1 aromatic heterocycles. The van der Waals surface area contributed by atoms with E-state index in [2.05, 4.69) is 6.92 Å². The van der Waals surface area contributed by atoms with Crippen LogP contribution in [0.1, 0.15) is 73.0 Å². The fourth-order valence-corrected chi connectivity index (χ4v) is 5.01. The smallest absolute Gasteiger partial charge is 0.254 e. The number of rotatable bonds is 14. The van der Waals surface area contributed by atoms with E-state index in [1.54, 1.807) is 41.3 Å². The first-order chi connectivity index (χ1) is 20.4. The van der Waals surface area contributed by atoms with Crippen molar-refractivity contribution in [2.24, 2.45) is 0 Å². The standard InChI is InChI=1S/C35H39FN2O4/c1-3-5-6-7-10-26-13-17-28(18-14-26)35(41)37(21-4-2)24-33(39)38(22-27-15-19-30(36)20-16-27)23-29-25-42-32-12-9-8-11-31(32)34(29)40/h8-9,11-20,25H,3-7,10,21-24H2,1-2H3. The van der Waals surface area contributed by atoms with Crippen molar-refractivity contribution >= 4 is 22.8 Å². The van der Waals surface area contributed by atoms with Crippen LogP contribution >= 0.6 is 0 Å². The highest BCUT2D eigenvalue weighted by Gasteiger charge is 2.23. The molecule has 0 radical (unpaired) electrons. The van der Waals surface area contributed by atoms with Crippen molar-refractivity contribution in [3.8, 4) is 0 Å². The van der Waals surface area contributed by atoms with Crippen LogP contribution in [0.2, 0.25) is 0 Å². The first kappa shape index (κ1) is 30.7. The fraction of sp³-hybridized carbons (Fsp3) is 0.343. The fourth-order valence-electron chi connectivity index (χ4n) is 5.01. The predicted octanol–water partition coefficient (Wildman–Crippen LogP) is 7.14. The molecule has 2 amide bonds. The van der Waals surface area contributed by atoms with E-state index in [4.69, 9.17) is 4.42 Å². The van der Waals surface area contributed by atoms with E-state index in [0.717, 1.165) is 12.8 Å². The van der Waals surface area contributed by atoms with Crippen molar-refractivity contribution in [3.63, 3.8) is 0 Å². The lowest BCUT2D eigenvalue weighted by atomic mass is 10.0. The van der Waals surface area contributed by atoms with E-state index >= 15 is 0 Å². The van der Waals surface area contributed by atoms with Gasteiger partial charge in [0.2, 0.25) is 5.91 Å². The molecule has 0 atom stereocenters. The molecule has 0 unspecified atom stereocenters. The largest absolute Gasteiger partial charge is 0.464 e. The molecule has 1 heterocycles. The van der Waals surface area contributed by atoms with Crippen LogP contribution in [0.4, 0.5) is 4.39 Å². The summed E-state index contributed by atoms with van der Waals surface area (Å²) >= 11 is 0. The van der Waals surface area contributed by atoms with Crippen molar-refractivity contribution < 1.29 is 18.4 Å². The Morgan fingerprint density at radius 3 is 2.21 bits per heavy atom. The van der Waals surface area contributed by atoms with Crippen LogP contribution < -0.4 is 5.43 Å². The Hall–Kier alpha value is -4.26. The topological polar surface area (TPSA) is 70.8 Å². The van der Waals surface area contributed by atoms with Gasteiger partial charge in [-0.15, -0.1) is 0 Å². The Bertz CT molecular complexity index is 1530. The minimum Gasteiger partial charge on any atom is -0.464 e. The van der Waals surface area contributed by atoms with Gasteiger partial charge in [0.15, 0.2) is 5.43 Å². The Balaban J connectivity index is 1.53. The van der Waals surface area contributed by atoms with Crippen LogP contribution in [-0.4, -0.2) is 34.7 Å². The third-order valence-corrected chi connectivity index (χ3v) is 7.38. The number of para-hydroxylation sites is 1. The van der Waals surface area contributed by atoms with E-state index in [1.165, 1.54) is 48.1 Å². The summed E-state index contributed by atoms with van der Waals surface area (Å²) in [4.78, 5) is 43.6. The maximum Gasteiger partial charge on any atom is 0.254 e. The molecule has 3 aromatic carbocycles. The second kappa shape index (κ2) is 15.1. The molecule has 42 heavy (non-hydrogen) atoms. The average molecular weight is 571 g/mol. The van der Waals surface area contributed by atoms with Gasteiger partial charge in [-0.3, -0.25) is 14.4 Å². The number of carbonyl (C=O) groups excluding carboxylic acids is 2. The highest BCUT2D eigenvalue weighted by Crippen LogP contribution is 2.16. The van der Waals surface area contributed by atoms with Gasteiger partial charge in [0.25, 0.3) is 5.91 Å². The third kappa shape index (κ3) is 8.15. The normalized spacial score (nSPS) is 11.0. The third-order valence-electron chi connectivity index (χ3n) is 7.38. The molecule has 0 saturated heterocycles. The minimum absolute atomic E-state index is 0.00966. The summed E-state index contributed by atoms with van der Waals surface area (Å²) in [6.07, 6.45) is 7.77. The molecule has 0 saturated carbocycles. The summed E-state index contributed by atoms with van der Waals surface area (Å²) in [5.41, 5.74) is 3.01. The number of hydrogen-bond acceptors (Lipinski definition) is 4. The molecule has 0 bridgehead atoms. The second-order valence-corrected chi connectivity index (χ2v) is 10.7. The molecule has 0 aliphatic heterocycles. The van der Waals surface area contributed by atoms with Gasteiger partial charge < -0.3 is 14.2 Å². The lowest BCUT2D eigenvalue weighted by Crippen LogP contribution is -2.43. The zero-order valence-corrected chi connectivity index (χ0v) is 24.5. The molecular formula is C35H39FN2O4. The number of amides is 2. The molecule has 4 rings (SSSR count). The average Bonchev–Trinajstić information content (AvgIpc) is 3.01. The number of halogens is 1. The molecule has 0 aliphatic rings. The first-order valence-corrected chi connectivity index (χ1v) is 14.8. The van der Waals surface area contributed by atoms with E-state index in [0.29, 0.717) is 40.6 Å². The van der Waals surface area contributed by atoms with Gasteiger partial charge in [0.1, 0.15) is 17.9 Å². The highest BCUT2D eigenvalue weighted by molar-refractivity contribution is 5.96. The van der Waals surface area contributed by atoms with Crippen LogP contribution in [0, 0.1) is 5.82 Å². The quantitative estimate of drug-likeness (QED) is 0.151. The predicted molar refractivity (Wildman–Crippen MR) is 164 cm³/mol. The Morgan fingerprint density at radius 2 is 1.50 bits per heavy atom. The maximum atomic E-state index is 13.8. The molecule has 0 fully saturated rings. The van der Waals surface area contributed by atoms with E-state index in [-0.39, 0.29) is 42.7 Å². The van der Waals surface area contributed by atoms with Gasteiger partial charge in [0.05, 0.1) is 23.8 Å². The second-order valence-electron chi connectivity index (χ2n) is 10.7. The van der Waals surface area contributed by atoms with Crippen LogP contribution in [0.25, 0.3) is 11.0 Å². The Kier molecular flexibility index (Phi) is 11.0. The first-order valence-electron chi connectivity index (χ1n) is 14.8. The Labute approximate surface area is 246 Å². The minimum atomic E-state index is -0.376. The highest BCUT2D eigenvalue weighted by atomic mass is 19.1. The van der Waals surface area contributed by atoms with Crippen molar-refractivity contribution in [1.29, 1.82) is 0 Å². The van der Waals surface area contributed by atoms with Crippen LogP contribution in [0.15, 0.2) is 88.3 Å².